The molecule has 0 unspecified atom stereocenters. The van der Waals surface area contributed by atoms with Crippen molar-refractivity contribution in [3.63, 3.8) is 0 Å². The smallest absolute Gasteiger partial charge is 0.143 e. The maximum atomic E-state index is 9.29. The summed E-state index contributed by atoms with van der Waals surface area (Å²) in [5, 5.41) is 9.93. The molecule has 0 aliphatic heterocycles. The lowest BCUT2D eigenvalue weighted by molar-refractivity contribution is 0.671. The summed E-state index contributed by atoms with van der Waals surface area (Å²) in [5.74, 6) is 0. The number of furan rings is 1. The standard InChI is InChI=1S/C50H30O/c1-2-12-34-27-38(26-21-31(34)11-1)48-42-19-9-7-17-40(42)47(41-18-8-10-20-43(41)48)32-22-24-33(25-23-32)49-39-16-6-5-15-37(39)29-45-44-28-35-13-3-4-14-36(35)30-46(44)51-50(45)49/h1-30H/i3D,4D,13D,14D,28D,30D. The lowest BCUT2D eigenvalue weighted by atomic mass is 9.85. The summed E-state index contributed by atoms with van der Waals surface area (Å²) in [6.07, 6.45) is 0. The molecule has 11 rings (SSSR count). The molecule has 1 heteroatoms. The van der Waals surface area contributed by atoms with Gasteiger partial charge in [0.2, 0.25) is 0 Å². The molecule has 11 aromatic rings. The van der Waals surface area contributed by atoms with E-state index in [2.05, 4.69) is 115 Å². The van der Waals surface area contributed by atoms with Crippen LogP contribution in [0.4, 0.5) is 0 Å². The summed E-state index contributed by atoms with van der Waals surface area (Å²) in [6, 6.07) is 49.1. The van der Waals surface area contributed by atoms with Crippen LogP contribution in [0.25, 0.3) is 109 Å². The zero-order chi connectivity index (χ0) is 38.7. The van der Waals surface area contributed by atoms with E-state index in [4.69, 9.17) is 11.3 Å². The van der Waals surface area contributed by atoms with Crippen LogP contribution in [0.3, 0.4) is 0 Å². The van der Waals surface area contributed by atoms with E-state index in [1.807, 2.05) is 30.3 Å². The van der Waals surface area contributed by atoms with Crippen LogP contribution in [-0.2, 0) is 0 Å². The molecule has 0 N–H and O–H groups in total. The molecule has 0 aliphatic carbocycles. The molecule has 10 aromatic carbocycles. The molecular weight excluding hydrogens is 617 g/mol. The normalized spacial score (nSPS) is 13.6. The highest BCUT2D eigenvalue weighted by Crippen LogP contribution is 2.46. The molecule has 0 fully saturated rings. The van der Waals surface area contributed by atoms with Gasteiger partial charge >= 0.3 is 0 Å². The van der Waals surface area contributed by atoms with E-state index in [1.54, 1.807) is 0 Å². The van der Waals surface area contributed by atoms with E-state index in [-0.39, 0.29) is 40.5 Å². The number of benzene rings is 10. The highest BCUT2D eigenvalue weighted by atomic mass is 16.3. The molecule has 0 saturated carbocycles. The third-order valence-electron chi connectivity index (χ3n) is 10.3. The molecule has 1 aromatic heterocycles. The van der Waals surface area contributed by atoms with E-state index in [9.17, 15) is 1.37 Å². The van der Waals surface area contributed by atoms with Crippen molar-refractivity contribution in [2.75, 3.05) is 0 Å². The molecule has 0 amide bonds. The third-order valence-corrected chi connectivity index (χ3v) is 10.3. The van der Waals surface area contributed by atoms with Gasteiger partial charge in [-0.15, -0.1) is 0 Å². The van der Waals surface area contributed by atoms with Crippen LogP contribution in [0.15, 0.2) is 186 Å². The van der Waals surface area contributed by atoms with Crippen LogP contribution < -0.4 is 0 Å². The van der Waals surface area contributed by atoms with Crippen molar-refractivity contribution in [3.8, 4) is 33.4 Å². The Kier molecular flexibility index (Phi) is 4.88. The average molecular weight is 653 g/mol. The van der Waals surface area contributed by atoms with Crippen LogP contribution in [0.2, 0.25) is 0 Å². The van der Waals surface area contributed by atoms with Crippen molar-refractivity contribution >= 4 is 75.8 Å². The molecule has 0 atom stereocenters. The molecule has 51 heavy (non-hydrogen) atoms. The van der Waals surface area contributed by atoms with Gasteiger partial charge in [-0.1, -0.05) is 158 Å². The fourth-order valence-electron chi connectivity index (χ4n) is 8.03. The minimum Gasteiger partial charge on any atom is -0.455 e. The maximum Gasteiger partial charge on any atom is 0.143 e. The molecule has 1 heterocycles. The Hall–Kier alpha value is -6.70. The van der Waals surface area contributed by atoms with Crippen molar-refractivity contribution in [2.24, 2.45) is 0 Å². The van der Waals surface area contributed by atoms with Crippen molar-refractivity contribution < 1.29 is 12.6 Å². The Bertz CT molecular complexity index is 3470. The first-order chi connectivity index (χ1) is 27.8. The van der Waals surface area contributed by atoms with Gasteiger partial charge in [0.15, 0.2) is 0 Å². The number of fused-ring (bicyclic) bond motifs is 8. The highest BCUT2D eigenvalue weighted by Gasteiger charge is 2.19. The average Bonchev–Trinajstić information content (AvgIpc) is 3.64. The van der Waals surface area contributed by atoms with Gasteiger partial charge in [-0.2, -0.15) is 0 Å². The molecule has 1 nitrogen and oxygen atoms in total. The van der Waals surface area contributed by atoms with Crippen molar-refractivity contribution in [1.29, 1.82) is 0 Å². The second-order valence-corrected chi connectivity index (χ2v) is 13.1. The third kappa shape index (κ3) is 4.28. The lowest BCUT2D eigenvalue weighted by Crippen LogP contribution is -1.91. The van der Waals surface area contributed by atoms with Gasteiger partial charge in [-0.25, -0.2) is 0 Å². The Morgan fingerprint density at radius 2 is 0.863 bits per heavy atom. The van der Waals surface area contributed by atoms with Crippen molar-refractivity contribution in [1.82, 2.24) is 0 Å². The van der Waals surface area contributed by atoms with Gasteiger partial charge in [0, 0.05) is 16.3 Å². The van der Waals surface area contributed by atoms with Gasteiger partial charge in [-0.3, -0.25) is 0 Å². The number of rotatable bonds is 3. The molecule has 0 radical (unpaired) electrons. The van der Waals surface area contributed by atoms with E-state index in [1.165, 1.54) is 32.7 Å². The van der Waals surface area contributed by atoms with Crippen LogP contribution in [0.5, 0.6) is 0 Å². The zero-order valence-electron chi connectivity index (χ0n) is 33.3. The largest absolute Gasteiger partial charge is 0.455 e. The van der Waals surface area contributed by atoms with Gasteiger partial charge in [0.25, 0.3) is 0 Å². The Morgan fingerprint density at radius 1 is 0.353 bits per heavy atom. The van der Waals surface area contributed by atoms with Crippen LogP contribution in [0, 0.1) is 0 Å². The second kappa shape index (κ2) is 10.9. The van der Waals surface area contributed by atoms with Gasteiger partial charge in [0.1, 0.15) is 11.2 Å². The highest BCUT2D eigenvalue weighted by molar-refractivity contribution is 6.23. The molecule has 236 valence electrons. The number of hydrogen-bond donors (Lipinski definition) is 0. The lowest BCUT2D eigenvalue weighted by Gasteiger charge is -2.18. The first-order valence-corrected chi connectivity index (χ1v) is 17.1. The summed E-state index contributed by atoms with van der Waals surface area (Å²) in [5.41, 5.74) is 6.93. The fourth-order valence-corrected chi connectivity index (χ4v) is 8.03. The van der Waals surface area contributed by atoms with Crippen LogP contribution in [-0.4, -0.2) is 0 Å². The second-order valence-electron chi connectivity index (χ2n) is 13.1. The Balaban J connectivity index is 1.15. The maximum absolute atomic E-state index is 9.29. The van der Waals surface area contributed by atoms with Crippen molar-refractivity contribution in [2.45, 2.75) is 0 Å². The minimum atomic E-state index is -0.439. The zero-order valence-corrected chi connectivity index (χ0v) is 27.3. The van der Waals surface area contributed by atoms with E-state index < -0.39 is 12.1 Å². The van der Waals surface area contributed by atoms with Crippen LogP contribution in [0.1, 0.15) is 8.22 Å². The summed E-state index contributed by atoms with van der Waals surface area (Å²) < 4.78 is 58.9. The van der Waals surface area contributed by atoms with E-state index in [0.29, 0.717) is 16.4 Å². The van der Waals surface area contributed by atoms with Crippen LogP contribution >= 0.6 is 0 Å². The predicted molar refractivity (Wildman–Crippen MR) is 218 cm³/mol. The van der Waals surface area contributed by atoms with E-state index in [0.717, 1.165) is 43.8 Å². The molecule has 0 bridgehead atoms. The minimum absolute atomic E-state index is 0.0147. The summed E-state index contributed by atoms with van der Waals surface area (Å²) in [7, 11) is 0. The van der Waals surface area contributed by atoms with Gasteiger partial charge in [0.05, 0.1) is 8.22 Å². The molecular formula is C50H30O. The summed E-state index contributed by atoms with van der Waals surface area (Å²) in [4.78, 5) is 0. The molecule has 0 saturated heterocycles. The fraction of sp³-hybridized carbons (Fsp3) is 0. The Labute approximate surface area is 303 Å². The van der Waals surface area contributed by atoms with Crippen molar-refractivity contribution in [3.05, 3.63) is 182 Å². The summed E-state index contributed by atoms with van der Waals surface area (Å²) >= 11 is 0. The number of hydrogen-bond acceptors (Lipinski definition) is 1. The monoisotopic (exact) mass is 652 g/mol. The topological polar surface area (TPSA) is 13.1 Å². The first-order valence-electron chi connectivity index (χ1n) is 20.1. The van der Waals surface area contributed by atoms with E-state index >= 15 is 0 Å². The van der Waals surface area contributed by atoms with Gasteiger partial charge in [-0.05, 0) is 106 Å². The quantitative estimate of drug-likeness (QED) is 0.173. The molecule has 0 aliphatic rings. The predicted octanol–water partition coefficient (Wildman–Crippen LogP) is 14.4. The summed E-state index contributed by atoms with van der Waals surface area (Å²) in [6.45, 7) is 0. The SMILES string of the molecule is [2H]c1c([2H])c([2H])c2c([2H])c3c(oc4c(-c5ccc(-c6c7ccccc7c(-c7ccc8ccccc8c7)c7ccccc67)cc5)c5ccccc5cc43)c([2H])c2c1[2H]. The molecule has 0 spiro atoms. The van der Waals surface area contributed by atoms with Gasteiger partial charge < -0.3 is 4.42 Å². The Morgan fingerprint density at radius 3 is 1.53 bits per heavy atom. The first kappa shape index (κ1) is 22.8.